The molecule has 0 aliphatic carbocycles. The number of piperidine rings is 1. The molecule has 1 heterocycles. The van der Waals surface area contributed by atoms with Crippen LogP contribution in [0, 0.1) is 5.92 Å². The highest BCUT2D eigenvalue weighted by molar-refractivity contribution is 6.37. The van der Waals surface area contributed by atoms with Crippen LogP contribution in [0.15, 0.2) is 72.8 Å². The van der Waals surface area contributed by atoms with Crippen LogP contribution in [0.4, 0.5) is 5.69 Å². The highest BCUT2D eigenvalue weighted by Gasteiger charge is 2.29. The maximum absolute atomic E-state index is 13.7. The van der Waals surface area contributed by atoms with E-state index in [0.717, 1.165) is 24.0 Å². The third-order valence-electron chi connectivity index (χ3n) is 6.56. The first kappa shape index (κ1) is 27.7. The molecule has 0 spiro atoms. The zero-order chi connectivity index (χ0) is 27.1. The van der Waals surface area contributed by atoms with E-state index in [1.165, 1.54) is 0 Å². The zero-order valence-electron chi connectivity index (χ0n) is 21.2. The topological polar surface area (TPSA) is 66.9 Å². The molecule has 0 aromatic heterocycles. The Labute approximate surface area is 233 Å². The molecular formula is C30H30Cl2N2O4. The van der Waals surface area contributed by atoms with Crippen molar-refractivity contribution in [1.82, 2.24) is 4.90 Å². The third kappa shape index (κ3) is 6.94. The molecule has 4 rings (SSSR count). The molecule has 38 heavy (non-hydrogen) atoms. The minimum atomic E-state index is -0.290. The van der Waals surface area contributed by atoms with E-state index in [9.17, 15) is 14.4 Å². The fourth-order valence-electron chi connectivity index (χ4n) is 4.63. The Morgan fingerprint density at radius 1 is 0.974 bits per heavy atom. The van der Waals surface area contributed by atoms with Gasteiger partial charge in [0.05, 0.1) is 36.1 Å². The molecule has 3 aromatic rings. The molecule has 0 unspecified atom stereocenters. The van der Waals surface area contributed by atoms with E-state index >= 15 is 0 Å². The van der Waals surface area contributed by atoms with Gasteiger partial charge in [-0.1, -0.05) is 65.7 Å². The van der Waals surface area contributed by atoms with Crippen molar-refractivity contribution >= 4 is 46.7 Å². The lowest BCUT2D eigenvalue weighted by Gasteiger charge is -2.31. The molecule has 8 heteroatoms. The summed E-state index contributed by atoms with van der Waals surface area (Å²) >= 11 is 12.4. The Morgan fingerprint density at radius 2 is 1.74 bits per heavy atom. The minimum Gasteiger partial charge on any atom is -0.466 e. The Balaban J connectivity index is 1.56. The van der Waals surface area contributed by atoms with Gasteiger partial charge < -0.3 is 14.5 Å². The number of carbonyl (C=O) groups is 3. The summed E-state index contributed by atoms with van der Waals surface area (Å²) < 4.78 is 5.16. The van der Waals surface area contributed by atoms with Crippen molar-refractivity contribution in [2.75, 3.05) is 24.6 Å². The summed E-state index contributed by atoms with van der Waals surface area (Å²) in [4.78, 5) is 42.4. The molecule has 2 amide bonds. The number of benzene rings is 3. The molecule has 0 radical (unpaired) electrons. The number of halogens is 2. The lowest BCUT2D eigenvalue weighted by Crippen LogP contribution is -2.43. The third-order valence-corrected chi connectivity index (χ3v) is 7.11. The predicted octanol–water partition coefficient (Wildman–Crippen LogP) is 6.18. The van der Waals surface area contributed by atoms with Gasteiger partial charge in [0, 0.05) is 23.8 Å². The number of ether oxygens (including phenoxy) is 1. The van der Waals surface area contributed by atoms with Crippen LogP contribution in [-0.4, -0.2) is 42.4 Å². The number of hydrogen-bond acceptors (Lipinski definition) is 4. The van der Waals surface area contributed by atoms with E-state index in [1.807, 2.05) is 54.6 Å². The first-order valence-electron chi connectivity index (χ1n) is 12.7. The number of hydrogen-bond donors (Lipinski definition) is 0. The Hall–Kier alpha value is -3.35. The fourth-order valence-corrected chi connectivity index (χ4v) is 5.12. The zero-order valence-corrected chi connectivity index (χ0v) is 22.8. The maximum atomic E-state index is 13.7. The monoisotopic (exact) mass is 552 g/mol. The molecule has 1 saturated heterocycles. The van der Waals surface area contributed by atoms with E-state index in [1.54, 1.807) is 34.9 Å². The molecule has 1 fully saturated rings. The number of carbonyl (C=O) groups excluding carboxylic acids is 3. The standard InChI is InChI=1S/C30H30Cl2N2O4/c1-2-38-30(37)23-11-7-15-33(20-23)28(35)17-22-10-6-12-25(16-22)34(19-21-8-4-3-5-9-21)29(36)26-14-13-24(31)18-27(26)32/h3-6,8-10,12-14,16,18,23H,2,7,11,15,17,19-20H2,1H3/t23-/m1/s1. The second-order valence-corrected chi connectivity index (χ2v) is 10.1. The van der Waals surface area contributed by atoms with Gasteiger partial charge in [0.1, 0.15) is 0 Å². The van der Waals surface area contributed by atoms with Crippen molar-refractivity contribution in [2.45, 2.75) is 32.7 Å². The summed E-state index contributed by atoms with van der Waals surface area (Å²) in [6, 6.07) is 21.9. The minimum absolute atomic E-state index is 0.0576. The Bertz CT molecular complexity index is 1300. The van der Waals surface area contributed by atoms with Crippen LogP contribution in [0.5, 0.6) is 0 Å². The smallest absolute Gasteiger partial charge is 0.310 e. The molecule has 1 aliphatic rings. The second-order valence-electron chi connectivity index (χ2n) is 9.28. The van der Waals surface area contributed by atoms with Gasteiger partial charge in [-0.25, -0.2) is 0 Å². The van der Waals surface area contributed by atoms with E-state index in [-0.39, 0.29) is 35.1 Å². The van der Waals surface area contributed by atoms with Crippen molar-refractivity contribution in [3.05, 3.63) is 99.5 Å². The largest absolute Gasteiger partial charge is 0.466 e. The van der Waals surface area contributed by atoms with Gasteiger partial charge in [-0.05, 0) is 61.2 Å². The van der Waals surface area contributed by atoms with E-state index in [0.29, 0.717) is 42.5 Å². The summed E-state index contributed by atoms with van der Waals surface area (Å²) in [6.07, 6.45) is 1.65. The maximum Gasteiger partial charge on any atom is 0.310 e. The molecule has 0 N–H and O–H groups in total. The summed E-state index contributed by atoms with van der Waals surface area (Å²) in [5.74, 6) is -0.866. The highest BCUT2D eigenvalue weighted by Crippen LogP contribution is 2.27. The van der Waals surface area contributed by atoms with Gasteiger partial charge in [-0.2, -0.15) is 0 Å². The van der Waals surface area contributed by atoms with Crippen molar-refractivity contribution in [3.63, 3.8) is 0 Å². The van der Waals surface area contributed by atoms with Crippen LogP contribution in [0.2, 0.25) is 10.0 Å². The summed E-state index contributed by atoms with van der Waals surface area (Å²) in [6.45, 7) is 3.41. The van der Waals surface area contributed by atoms with Crippen molar-refractivity contribution < 1.29 is 19.1 Å². The van der Waals surface area contributed by atoms with E-state index < -0.39 is 0 Å². The molecule has 0 bridgehead atoms. The van der Waals surface area contributed by atoms with Gasteiger partial charge >= 0.3 is 5.97 Å². The second kappa shape index (κ2) is 12.9. The summed E-state index contributed by atoms with van der Waals surface area (Å²) in [7, 11) is 0. The van der Waals surface area contributed by atoms with Crippen LogP contribution in [0.25, 0.3) is 0 Å². The number of likely N-dealkylation sites (tertiary alicyclic amines) is 1. The van der Waals surface area contributed by atoms with Crippen LogP contribution in [0.3, 0.4) is 0 Å². The Kier molecular flexibility index (Phi) is 9.43. The van der Waals surface area contributed by atoms with Gasteiger partial charge in [0.15, 0.2) is 0 Å². The van der Waals surface area contributed by atoms with E-state index in [4.69, 9.17) is 27.9 Å². The number of anilines is 1. The van der Waals surface area contributed by atoms with Crippen LogP contribution >= 0.6 is 23.2 Å². The lowest BCUT2D eigenvalue weighted by atomic mass is 9.97. The molecular weight excluding hydrogens is 523 g/mol. The molecule has 6 nitrogen and oxygen atoms in total. The average molecular weight is 553 g/mol. The van der Waals surface area contributed by atoms with Crippen LogP contribution in [0.1, 0.15) is 41.3 Å². The number of esters is 1. The van der Waals surface area contributed by atoms with Crippen molar-refractivity contribution in [3.8, 4) is 0 Å². The predicted molar refractivity (Wildman–Crippen MR) is 150 cm³/mol. The van der Waals surface area contributed by atoms with Crippen molar-refractivity contribution in [2.24, 2.45) is 5.92 Å². The quantitative estimate of drug-likeness (QED) is 0.313. The normalized spacial score (nSPS) is 15.1. The van der Waals surface area contributed by atoms with Crippen LogP contribution in [-0.2, 0) is 27.3 Å². The first-order chi connectivity index (χ1) is 18.4. The molecule has 0 saturated carbocycles. The molecule has 1 atom stereocenters. The average Bonchev–Trinajstić information content (AvgIpc) is 2.92. The molecule has 3 aromatic carbocycles. The number of nitrogens with zero attached hydrogens (tertiary/aromatic N) is 2. The highest BCUT2D eigenvalue weighted by atomic mass is 35.5. The van der Waals surface area contributed by atoms with Gasteiger partial charge in [-0.15, -0.1) is 0 Å². The van der Waals surface area contributed by atoms with Crippen LogP contribution < -0.4 is 4.90 Å². The van der Waals surface area contributed by atoms with Crippen molar-refractivity contribution in [1.29, 1.82) is 0 Å². The molecule has 1 aliphatic heterocycles. The van der Waals surface area contributed by atoms with Gasteiger partial charge in [0.2, 0.25) is 5.91 Å². The molecule has 198 valence electrons. The number of rotatable bonds is 8. The fraction of sp³-hybridized carbons (Fsp3) is 0.300. The summed E-state index contributed by atoms with van der Waals surface area (Å²) in [5.41, 5.74) is 2.72. The first-order valence-corrected chi connectivity index (χ1v) is 13.5. The summed E-state index contributed by atoms with van der Waals surface area (Å²) in [5, 5.41) is 0.720. The SMILES string of the molecule is CCOC(=O)[C@@H]1CCCN(C(=O)Cc2cccc(N(Cc3ccccc3)C(=O)c3ccc(Cl)cc3Cl)c2)C1. The number of amides is 2. The lowest BCUT2D eigenvalue weighted by molar-refractivity contribution is -0.151. The van der Waals surface area contributed by atoms with Gasteiger partial charge in [-0.3, -0.25) is 14.4 Å². The van der Waals surface area contributed by atoms with Gasteiger partial charge in [0.25, 0.3) is 5.91 Å². The van der Waals surface area contributed by atoms with E-state index in [2.05, 4.69) is 0 Å². The Morgan fingerprint density at radius 3 is 2.47 bits per heavy atom.